The predicted molar refractivity (Wildman–Crippen MR) is 90.3 cm³/mol. The number of thiazole rings is 1. The zero-order chi connectivity index (χ0) is 17.7. The van der Waals surface area contributed by atoms with Gasteiger partial charge in [0.2, 0.25) is 5.91 Å². The summed E-state index contributed by atoms with van der Waals surface area (Å²) in [7, 11) is 0. The number of amides is 2. The topological polar surface area (TPSA) is 108 Å². The number of benzene rings is 1. The first kappa shape index (κ1) is 17.9. The van der Waals surface area contributed by atoms with Gasteiger partial charge in [-0.25, -0.2) is 4.98 Å². The number of aromatic nitrogens is 1. The lowest BCUT2D eigenvalue weighted by molar-refractivity contribution is -0.137. The van der Waals surface area contributed by atoms with Crippen LogP contribution in [0.4, 0.5) is 0 Å². The Hall–Kier alpha value is -2.45. The van der Waals surface area contributed by atoms with E-state index in [1.807, 2.05) is 12.1 Å². The first-order valence-corrected chi connectivity index (χ1v) is 8.06. The third-order valence-corrected chi connectivity index (χ3v) is 4.40. The summed E-state index contributed by atoms with van der Waals surface area (Å²) in [6.45, 7) is 0.907. The third-order valence-electron chi connectivity index (χ3n) is 2.94. The average Bonchev–Trinajstić information content (AvgIpc) is 2.93. The monoisotopic (exact) mass is 367 g/mol. The van der Waals surface area contributed by atoms with Crippen LogP contribution in [0.15, 0.2) is 24.3 Å². The second kappa shape index (κ2) is 7.89. The SMILES string of the molecule is Cc1nc(-c2ccc(Cl)cc2)sc1C(=O)NCC(=O)NCC(=O)O. The van der Waals surface area contributed by atoms with Crippen molar-refractivity contribution in [1.29, 1.82) is 0 Å². The van der Waals surface area contributed by atoms with Gasteiger partial charge in [0.15, 0.2) is 0 Å². The fourth-order valence-corrected chi connectivity index (χ4v) is 2.91. The molecule has 3 N–H and O–H groups in total. The summed E-state index contributed by atoms with van der Waals surface area (Å²) in [5, 5.41) is 14.3. The van der Waals surface area contributed by atoms with Crippen molar-refractivity contribution in [3.63, 3.8) is 0 Å². The van der Waals surface area contributed by atoms with Crippen molar-refractivity contribution in [3.05, 3.63) is 39.9 Å². The number of rotatable bonds is 6. The maximum Gasteiger partial charge on any atom is 0.322 e. The van der Waals surface area contributed by atoms with Crippen LogP contribution in [0.25, 0.3) is 10.6 Å². The molecule has 0 bridgehead atoms. The zero-order valence-electron chi connectivity index (χ0n) is 12.6. The van der Waals surface area contributed by atoms with Gasteiger partial charge < -0.3 is 15.7 Å². The Kier molecular flexibility index (Phi) is 5.88. The molecule has 1 aromatic carbocycles. The predicted octanol–water partition coefficient (Wildman–Crippen LogP) is 1.70. The Balaban J connectivity index is 2.01. The number of hydrogen-bond acceptors (Lipinski definition) is 5. The van der Waals surface area contributed by atoms with Gasteiger partial charge in [-0.05, 0) is 19.1 Å². The Morgan fingerprint density at radius 3 is 2.46 bits per heavy atom. The van der Waals surface area contributed by atoms with Crippen LogP contribution in [0.2, 0.25) is 5.02 Å². The molecular weight excluding hydrogens is 354 g/mol. The van der Waals surface area contributed by atoms with Gasteiger partial charge in [-0.1, -0.05) is 23.7 Å². The molecule has 1 heterocycles. The summed E-state index contributed by atoms with van der Waals surface area (Å²) >= 11 is 7.05. The molecule has 0 spiro atoms. The van der Waals surface area contributed by atoms with E-state index in [4.69, 9.17) is 16.7 Å². The fraction of sp³-hybridized carbons (Fsp3) is 0.200. The molecule has 0 radical (unpaired) electrons. The molecule has 2 amide bonds. The maximum absolute atomic E-state index is 12.1. The molecule has 0 saturated heterocycles. The number of carboxylic acid groups (broad SMARTS) is 1. The standard InChI is InChI=1S/C15H14ClN3O4S/c1-8-13(14(23)18-6-11(20)17-7-12(21)22)24-15(19-8)9-2-4-10(16)5-3-9/h2-5H,6-7H2,1H3,(H,17,20)(H,18,23)(H,21,22). The number of carbonyl (C=O) groups is 3. The molecule has 0 fully saturated rings. The van der Waals surface area contributed by atoms with Crippen molar-refractivity contribution in [2.24, 2.45) is 0 Å². The molecular formula is C15H14ClN3O4S. The number of carbonyl (C=O) groups excluding carboxylic acids is 2. The van der Waals surface area contributed by atoms with Gasteiger partial charge in [0.1, 0.15) is 16.4 Å². The van der Waals surface area contributed by atoms with Crippen molar-refractivity contribution in [3.8, 4) is 10.6 Å². The molecule has 24 heavy (non-hydrogen) atoms. The normalized spacial score (nSPS) is 10.2. The summed E-state index contributed by atoms with van der Waals surface area (Å²) in [4.78, 5) is 38.7. The first-order chi connectivity index (χ1) is 11.4. The molecule has 0 aliphatic heterocycles. The Labute approximate surface area is 146 Å². The lowest BCUT2D eigenvalue weighted by atomic mass is 10.2. The Bertz CT molecular complexity index is 774. The summed E-state index contributed by atoms with van der Waals surface area (Å²) < 4.78 is 0. The Morgan fingerprint density at radius 1 is 1.17 bits per heavy atom. The van der Waals surface area contributed by atoms with Crippen LogP contribution in [-0.2, 0) is 9.59 Å². The lowest BCUT2D eigenvalue weighted by Gasteiger charge is -2.04. The molecule has 0 aliphatic carbocycles. The molecule has 0 saturated carbocycles. The van der Waals surface area contributed by atoms with Crippen LogP contribution in [0.1, 0.15) is 15.4 Å². The van der Waals surface area contributed by atoms with E-state index in [0.29, 0.717) is 20.6 Å². The van der Waals surface area contributed by atoms with E-state index in [1.54, 1.807) is 19.1 Å². The molecule has 0 atom stereocenters. The summed E-state index contributed by atoms with van der Waals surface area (Å²) in [6, 6.07) is 7.09. The van der Waals surface area contributed by atoms with Gasteiger partial charge in [0.05, 0.1) is 12.2 Å². The van der Waals surface area contributed by atoms with Crippen LogP contribution in [0, 0.1) is 6.92 Å². The van der Waals surface area contributed by atoms with Crippen molar-refractivity contribution in [1.82, 2.24) is 15.6 Å². The van der Waals surface area contributed by atoms with Gasteiger partial charge in [-0.15, -0.1) is 11.3 Å². The highest BCUT2D eigenvalue weighted by atomic mass is 35.5. The number of carboxylic acids is 1. The van der Waals surface area contributed by atoms with Gasteiger partial charge in [0, 0.05) is 10.6 Å². The zero-order valence-corrected chi connectivity index (χ0v) is 14.2. The van der Waals surface area contributed by atoms with E-state index in [9.17, 15) is 14.4 Å². The minimum Gasteiger partial charge on any atom is -0.480 e. The highest BCUT2D eigenvalue weighted by molar-refractivity contribution is 7.17. The summed E-state index contributed by atoms with van der Waals surface area (Å²) in [5.41, 5.74) is 1.39. The van der Waals surface area contributed by atoms with Crippen molar-refractivity contribution >= 4 is 40.7 Å². The number of hydrogen-bond donors (Lipinski definition) is 3. The summed E-state index contributed by atoms with van der Waals surface area (Å²) in [6.07, 6.45) is 0. The van der Waals surface area contributed by atoms with Crippen LogP contribution in [-0.4, -0.2) is 41.0 Å². The van der Waals surface area contributed by atoms with Gasteiger partial charge in [0.25, 0.3) is 5.91 Å². The lowest BCUT2D eigenvalue weighted by Crippen LogP contribution is -2.38. The smallest absolute Gasteiger partial charge is 0.322 e. The Morgan fingerprint density at radius 2 is 1.83 bits per heavy atom. The molecule has 2 aromatic rings. The third kappa shape index (κ3) is 4.77. The van der Waals surface area contributed by atoms with E-state index in [2.05, 4.69) is 15.6 Å². The van der Waals surface area contributed by atoms with Crippen LogP contribution in [0.3, 0.4) is 0 Å². The molecule has 2 rings (SSSR count). The van der Waals surface area contributed by atoms with E-state index in [1.165, 1.54) is 11.3 Å². The molecule has 9 heteroatoms. The van der Waals surface area contributed by atoms with Crippen LogP contribution < -0.4 is 10.6 Å². The second-order valence-electron chi connectivity index (χ2n) is 4.79. The summed E-state index contributed by atoms with van der Waals surface area (Å²) in [5.74, 6) is -2.16. The van der Waals surface area contributed by atoms with Gasteiger partial charge in [-0.2, -0.15) is 0 Å². The van der Waals surface area contributed by atoms with Crippen molar-refractivity contribution in [2.75, 3.05) is 13.1 Å². The van der Waals surface area contributed by atoms with Crippen LogP contribution >= 0.6 is 22.9 Å². The van der Waals surface area contributed by atoms with E-state index < -0.39 is 24.3 Å². The average molecular weight is 368 g/mol. The number of nitrogens with one attached hydrogen (secondary N) is 2. The highest BCUT2D eigenvalue weighted by Crippen LogP contribution is 2.28. The minimum absolute atomic E-state index is 0.306. The number of aryl methyl sites for hydroxylation is 1. The largest absolute Gasteiger partial charge is 0.480 e. The van der Waals surface area contributed by atoms with Gasteiger partial charge in [-0.3, -0.25) is 14.4 Å². The van der Waals surface area contributed by atoms with Crippen molar-refractivity contribution < 1.29 is 19.5 Å². The molecule has 0 aliphatic rings. The maximum atomic E-state index is 12.1. The molecule has 1 aromatic heterocycles. The number of nitrogens with zero attached hydrogens (tertiary/aromatic N) is 1. The minimum atomic E-state index is -1.15. The quantitative estimate of drug-likeness (QED) is 0.720. The highest BCUT2D eigenvalue weighted by Gasteiger charge is 2.17. The fourth-order valence-electron chi connectivity index (χ4n) is 1.80. The molecule has 0 unspecified atom stereocenters. The molecule has 7 nitrogen and oxygen atoms in total. The number of halogens is 1. The number of aliphatic carboxylic acids is 1. The van der Waals surface area contributed by atoms with E-state index in [0.717, 1.165) is 5.56 Å². The van der Waals surface area contributed by atoms with E-state index in [-0.39, 0.29) is 6.54 Å². The van der Waals surface area contributed by atoms with Crippen molar-refractivity contribution in [2.45, 2.75) is 6.92 Å². The second-order valence-corrected chi connectivity index (χ2v) is 6.23. The first-order valence-electron chi connectivity index (χ1n) is 6.87. The van der Waals surface area contributed by atoms with Crippen LogP contribution in [0.5, 0.6) is 0 Å². The van der Waals surface area contributed by atoms with E-state index >= 15 is 0 Å². The van der Waals surface area contributed by atoms with Gasteiger partial charge >= 0.3 is 5.97 Å². The molecule has 126 valence electrons.